The van der Waals surface area contributed by atoms with Crippen LogP contribution in [0, 0.1) is 22.7 Å². The molecule has 7 rings (SSSR count). The minimum atomic E-state index is -0.264. The van der Waals surface area contributed by atoms with E-state index < -0.39 is 0 Å². The van der Waals surface area contributed by atoms with Crippen molar-refractivity contribution < 1.29 is 0 Å². The summed E-state index contributed by atoms with van der Waals surface area (Å²) in [6.07, 6.45) is 6.47. The van der Waals surface area contributed by atoms with Crippen molar-refractivity contribution in [3.8, 4) is 17.8 Å². The van der Waals surface area contributed by atoms with E-state index in [1.54, 1.807) is 24.3 Å². The summed E-state index contributed by atoms with van der Waals surface area (Å²) in [6, 6.07) is 31.5. The third-order valence-electron chi connectivity index (χ3n) is 8.91. The summed E-state index contributed by atoms with van der Waals surface area (Å²) in [5.74, 6) is 0.712. The summed E-state index contributed by atoms with van der Waals surface area (Å²) >= 11 is 0. The van der Waals surface area contributed by atoms with Crippen LogP contribution in [0.1, 0.15) is 70.5 Å². The second-order valence-electron chi connectivity index (χ2n) is 12.0. The molecule has 0 fully saturated rings. The summed E-state index contributed by atoms with van der Waals surface area (Å²) in [4.78, 5) is 9.72. The maximum Gasteiger partial charge on any atom is 0.162 e. The lowest BCUT2D eigenvalue weighted by molar-refractivity contribution is 0.625. The highest BCUT2D eigenvalue weighted by molar-refractivity contribution is 6.14. The second kappa shape index (κ2) is 10.6. The number of rotatable bonds is 4. The van der Waals surface area contributed by atoms with Crippen LogP contribution in [-0.4, -0.2) is 16.2 Å². The lowest BCUT2D eigenvalue weighted by Crippen LogP contribution is -2.28. The van der Waals surface area contributed by atoms with Gasteiger partial charge in [0.25, 0.3) is 0 Å². The Kier molecular flexibility index (Phi) is 6.57. The van der Waals surface area contributed by atoms with Crippen LogP contribution in [0.4, 0.5) is 0 Å². The van der Waals surface area contributed by atoms with Crippen molar-refractivity contribution in [2.24, 2.45) is 15.7 Å². The average Bonchev–Trinajstić information content (AvgIpc) is 3.41. The zero-order chi connectivity index (χ0) is 31.3. The molecule has 45 heavy (non-hydrogen) atoms. The molecule has 1 aliphatic heterocycles. The van der Waals surface area contributed by atoms with Crippen LogP contribution in [0.5, 0.6) is 0 Å². The van der Waals surface area contributed by atoms with Gasteiger partial charge in [-0.1, -0.05) is 62.9 Å². The molecule has 6 heteroatoms. The highest BCUT2D eigenvalue weighted by atomic mass is 15.0. The van der Waals surface area contributed by atoms with Gasteiger partial charge in [-0.2, -0.15) is 10.5 Å². The lowest BCUT2D eigenvalue weighted by Gasteiger charge is -2.35. The quantitative estimate of drug-likeness (QED) is 0.173. The van der Waals surface area contributed by atoms with E-state index >= 15 is 0 Å². The number of nitrogens with zero attached hydrogens (tertiary/aromatic N) is 5. The molecule has 0 spiro atoms. The summed E-state index contributed by atoms with van der Waals surface area (Å²) in [5.41, 5.74) is 18.0. The van der Waals surface area contributed by atoms with Crippen LogP contribution < -0.4 is 5.73 Å². The number of aromatic nitrogens is 1. The van der Waals surface area contributed by atoms with Crippen LogP contribution >= 0.6 is 0 Å². The zero-order valence-electron chi connectivity index (χ0n) is 25.2. The Labute approximate surface area is 262 Å². The Morgan fingerprint density at radius 3 is 2.20 bits per heavy atom. The monoisotopic (exact) mass is 582 g/mol. The minimum Gasteiger partial charge on any atom is -0.383 e. The molecule has 2 aliphatic rings. The van der Waals surface area contributed by atoms with Crippen molar-refractivity contribution in [3.05, 3.63) is 148 Å². The predicted octanol–water partition coefficient (Wildman–Crippen LogP) is 7.80. The fraction of sp³-hybridized carbons (Fsp3) is 0.128. The van der Waals surface area contributed by atoms with E-state index in [4.69, 9.17) is 15.7 Å². The van der Waals surface area contributed by atoms with E-state index in [0.717, 1.165) is 29.4 Å². The Bertz CT molecular complexity index is 2210. The third kappa shape index (κ3) is 4.56. The first-order valence-electron chi connectivity index (χ1n) is 14.9. The normalized spacial score (nSPS) is 14.8. The standard InChI is InChI=1S/C39H30N6/c1-24(27-16-12-25(22-40)13-17-27)43-38(28-18-14-26(23-41)15-19-28)44-37(42)29-20-31-30-8-4-6-10-34(30)45-35-11-7-5-9-32(35)39(2,3)33(21-29)36(31)45/h4-5,7-9,11-21H,1,6,10H2,2-3H3,(H2,42,43,44). The van der Waals surface area contributed by atoms with E-state index in [1.165, 1.54) is 33.6 Å². The topological polar surface area (TPSA) is 103 Å². The van der Waals surface area contributed by atoms with Gasteiger partial charge in [0.05, 0.1) is 34.5 Å². The molecule has 0 saturated carbocycles. The first kappa shape index (κ1) is 27.8. The second-order valence-corrected chi connectivity index (χ2v) is 12.0. The zero-order valence-corrected chi connectivity index (χ0v) is 25.2. The number of fused-ring (bicyclic) bond motifs is 5. The summed E-state index contributed by atoms with van der Waals surface area (Å²) in [7, 11) is 0. The molecule has 0 radical (unpaired) electrons. The summed E-state index contributed by atoms with van der Waals surface area (Å²) in [6.45, 7) is 8.73. The van der Waals surface area contributed by atoms with Gasteiger partial charge in [0.2, 0.25) is 0 Å². The van der Waals surface area contributed by atoms with Gasteiger partial charge in [0.1, 0.15) is 5.84 Å². The summed E-state index contributed by atoms with van der Waals surface area (Å²) < 4.78 is 2.45. The van der Waals surface area contributed by atoms with Gasteiger partial charge in [-0.25, -0.2) is 9.98 Å². The van der Waals surface area contributed by atoms with E-state index in [2.05, 4.69) is 85.7 Å². The largest absolute Gasteiger partial charge is 0.383 e. The highest BCUT2D eigenvalue weighted by Gasteiger charge is 2.36. The first-order valence-corrected chi connectivity index (χ1v) is 14.9. The van der Waals surface area contributed by atoms with Gasteiger partial charge in [-0.3, -0.25) is 0 Å². The highest BCUT2D eigenvalue weighted by Crippen LogP contribution is 2.48. The molecule has 0 unspecified atom stereocenters. The Hall–Kier alpha value is -5.98. The Morgan fingerprint density at radius 2 is 1.51 bits per heavy atom. The van der Waals surface area contributed by atoms with E-state index in [1.807, 2.05) is 24.3 Å². The molecule has 1 aliphatic carbocycles. The number of hydrogen-bond donors (Lipinski definition) is 1. The van der Waals surface area contributed by atoms with Gasteiger partial charge in [0, 0.05) is 38.9 Å². The van der Waals surface area contributed by atoms with Crippen molar-refractivity contribution in [3.63, 3.8) is 0 Å². The Balaban J connectivity index is 1.41. The molecule has 0 atom stereocenters. The SMILES string of the molecule is C=C(/N=C(\N=C(/N)c1cc2c3c(c1)c1c(n3-c3ccccc3C2(C)C)CCC=C1)c1ccc(C#N)cc1)c1ccc(C#N)cc1. The van der Waals surface area contributed by atoms with E-state index in [0.29, 0.717) is 34.1 Å². The molecule has 0 saturated heterocycles. The maximum absolute atomic E-state index is 9.36. The van der Waals surface area contributed by atoms with Crippen molar-refractivity contribution in [1.82, 2.24) is 4.57 Å². The van der Waals surface area contributed by atoms with Gasteiger partial charge in [-0.15, -0.1) is 0 Å². The fourth-order valence-electron chi connectivity index (χ4n) is 6.53. The number of benzene rings is 4. The van der Waals surface area contributed by atoms with Crippen LogP contribution in [0.15, 0.2) is 108 Å². The molecule has 0 bridgehead atoms. The number of nitriles is 2. The maximum atomic E-state index is 9.36. The van der Waals surface area contributed by atoms with E-state index in [9.17, 15) is 10.5 Å². The van der Waals surface area contributed by atoms with Gasteiger partial charge >= 0.3 is 0 Å². The molecule has 4 aromatic carbocycles. The third-order valence-corrected chi connectivity index (χ3v) is 8.91. The first-order chi connectivity index (χ1) is 21.8. The van der Waals surface area contributed by atoms with Crippen molar-refractivity contribution in [2.45, 2.75) is 32.1 Å². The van der Waals surface area contributed by atoms with Crippen LogP contribution in [0.2, 0.25) is 0 Å². The molecule has 2 heterocycles. The summed E-state index contributed by atoms with van der Waals surface area (Å²) in [5, 5.41) is 19.7. The van der Waals surface area contributed by atoms with Crippen molar-refractivity contribution in [2.75, 3.05) is 0 Å². The fourth-order valence-corrected chi connectivity index (χ4v) is 6.53. The molecule has 2 N–H and O–H groups in total. The molecule has 1 aromatic heterocycles. The number of amidine groups is 2. The van der Waals surface area contributed by atoms with Crippen molar-refractivity contribution >= 4 is 34.3 Å². The number of nitrogens with two attached hydrogens (primary N) is 1. The van der Waals surface area contributed by atoms with Crippen LogP contribution in [0.25, 0.3) is 28.4 Å². The van der Waals surface area contributed by atoms with Crippen LogP contribution in [0.3, 0.4) is 0 Å². The molecule has 0 amide bonds. The molecular formula is C39H30N6. The predicted molar refractivity (Wildman–Crippen MR) is 181 cm³/mol. The smallest absolute Gasteiger partial charge is 0.162 e. The van der Waals surface area contributed by atoms with Gasteiger partial charge in [0.15, 0.2) is 5.84 Å². The number of para-hydroxylation sites is 1. The van der Waals surface area contributed by atoms with Crippen LogP contribution in [-0.2, 0) is 11.8 Å². The average molecular weight is 583 g/mol. The molecule has 5 aromatic rings. The number of aliphatic imine (C=N–C) groups is 2. The number of hydrogen-bond acceptors (Lipinski definition) is 3. The lowest BCUT2D eigenvalue weighted by atomic mass is 9.74. The Morgan fingerprint density at radius 1 is 0.844 bits per heavy atom. The molecule has 6 nitrogen and oxygen atoms in total. The molecular weight excluding hydrogens is 552 g/mol. The molecule has 216 valence electrons. The van der Waals surface area contributed by atoms with Gasteiger partial charge in [-0.05, 0) is 84.1 Å². The number of allylic oxidation sites excluding steroid dienone is 1. The van der Waals surface area contributed by atoms with E-state index in [-0.39, 0.29) is 5.41 Å². The van der Waals surface area contributed by atoms with Gasteiger partial charge < -0.3 is 10.3 Å². The van der Waals surface area contributed by atoms with Crippen molar-refractivity contribution in [1.29, 1.82) is 10.5 Å². The minimum absolute atomic E-state index is 0.264.